The van der Waals surface area contributed by atoms with Crippen molar-refractivity contribution in [2.45, 2.75) is 0 Å². The molecule has 0 spiro atoms. The molecular formula is C9H10N2. The number of hydrogen-bond acceptors (Lipinski definition) is 0. The fourth-order valence-electron chi connectivity index (χ4n) is 1.27. The number of rotatable bonds is 0. The molecule has 0 fully saturated rings. The second-order valence-electron chi connectivity index (χ2n) is 2.62. The van der Waals surface area contributed by atoms with E-state index in [-0.39, 0.29) is 0 Å². The summed E-state index contributed by atoms with van der Waals surface area (Å²) >= 11 is 0. The molecule has 11 heavy (non-hydrogen) atoms. The Morgan fingerprint density at radius 1 is 1.27 bits per heavy atom. The summed E-state index contributed by atoms with van der Waals surface area (Å²) in [6.45, 7) is 0. The number of quaternary nitrogens is 1. The molecule has 1 aromatic rings. The van der Waals surface area contributed by atoms with Crippen LogP contribution in [0.3, 0.4) is 0 Å². The molecule has 1 atom stereocenters. The van der Waals surface area contributed by atoms with E-state index in [2.05, 4.69) is 17.6 Å². The number of hydrogen-bond donors (Lipinski definition) is 1. The maximum absolute atomic E-state index is 4.21. The number of fused-ring (bicyclic) bond motifs is 1. The van der Waals surface area contributed by atoms with Gasteiger partial charge in [-0.1, -0.05) is 18.2 Å². The highest BCUT2D eigenvalue weighted by atomic mass is 15.5. The third-order valence-electron chi connectivity index (χ3n) is 1.87. The molecule has 0 aliphatic carbocycles. The van der Waals surface area contributed by atoms with Crippen LogP contribution in [-0.2, 0) is 0 Å². The van der Waals surface area contributed by atoms with Gasteiger partial charge in [0.2, 0.25) is 0 Å². The van der Waals surface area contributed by atoms with Crippen molar-refractivity contribution in [2.75, 3.05) is 7.05 Å². The quantitative estimate of drug-likeness (QED) is 0.565. The van der Waals surface area contributed by atoms with E-state index in [1.54, 1.807) is 0 Å². The van der Waals surface area contributed by atoms with Crippen molar-refractivity contribution in [3.63, 3.8) is 0 Å². The molecule has 0 saturated carbocycles. The largest absolute Gasteiger partial charge is 0.490 e. The molecule has 2 rings (SSSR count). The van der Waals surface area contributed by atoms with E-state index in [4.69, 9.17) is 0 Å². The molecule has 1 heterocycles. The first-order valence-corrected chi connectivity index (χ1v) is 3.68. The molecule has 1 unspecified atom stereocenters. The van der Waals surface area contributed by atoms with Crippen LogP contribution in [0.4, 0.5) is 5.69 Å². The summed E-state index contributed by atoms with van der Waals surface area (Å²) in [4.78, 5) is 0. The van der Waals surface area contributed by atoms with Crippen LogP contribution in [0, 0.1) is 0 Å². The number of nitrogens with one attached hydrogen (secondary N) is 1. The van der Waals surface area contributed by atoms with Crippen molar-refractivity contribution in [2.24, 2.45) is 0 Å². The summed E-state index contributed by atoms with van der Waals surface area (Å²) in [6.07, 6.45) is 3.88. The molecule has 1 aliphatic heterocycles. The van der Waals surface area contributed by atoms with Crippen LogP contribution >= 0.6 is 0 Å². The van der Waals surface area contributed by atoms with E-state index in [1.807, 2.05) is 31.5 Å². The molecular weight excluding hydrogens is 136 g/mol. The van der Waals surface area contributed by atoms with Crippen molar-refractivity contribution in [1.29, 1.82) is 0 Å². The summed E-state index contributed by atoms with van der Waals surface area (Å²) in [7, 11) is 2.03. The lowest BCUT2D eigenvalue weighted by molar-refractivity contribution is -0.765. The Morgan fingerprint density at radius 3 is 2.91 bits per heavy atom. The lowest BCUT2D eigenvalue weighted by Gasteiger charge is -2.29. The summed E-state index contributed by atoms with van der Waals surface area (Å²) in [5, 5.41) is 1.10. The molecule has 56 valence electrons. The SMILES string of the molecule is C[NH+]1[N-]C=Cc2ccccc21. The van der Waals surface area contributed by atoms with Crippen LogP contribution in [0.1, 0.15) is 5.56 Å². The predicted octanol–water partition coefficient (Wildman–Crippen LogP) is 1.11. The van der Waals surface area contributed by atoms with Gasteiger partial charge in [-0.05, 0) is 12.1 Å². The first-order valence-electron chi connectivity index (χ1n) is 3.68. The molecule has 0 bridgehead atoms. The van der Waals surface area contributed by atoms with Crippen LogP contribution in [0.5, 0.6) is 0 Å². The third kappa shape index (κ3) is 1.01. The van der Waals surface area contributed by atoms with Gasteiger partial charge in [-0.15, -0.1) is 6.20 Å². The van der Waals surface area contributed by atoms with Gasteiger partial charge in [0.15, 0.2) is 0 Å². The van der Waals surface area contributed by atoms with Crippen molar-refractivity contribution in [3.8, 4) is 0 Å². The Hall–Kier alpha value is -1.28. The van der Waals surface area contributed by atoms with E-state index in [9.17, 15) is 0 Å². The second-order valence-corrected chi connectivity index (χ2v) is 2.62. The van der Waals surface area contributed by atoms with Gasteiger partial charge in [0.1, 0.15) is 5.69 Å². The van der Waals surface area contributed by atoms with E-state index < -0.39 is 0 Å². The summed E-state index contributed by atoms with van der Waals surface area (Å²) in [6, 6.07) is 8.28. The van der Waals surface area contributed by atoms with Gasteiger partial charge in [-0.25, -0.2) is 0 Å². The van der Waals surface area contributed by atoms with E-state index in [0.29, 0.717) is 0 Å². The number of para-hydroxylation sites is 1. The van der Waals surface area contributed by atoms with Gasteiger partial charge in [-0.3, -0.25) is 0 Å². The van der Waals surface area contributed by atoms with E-state index in [0.717, 1.165) is 5.01 Å². The highest BCUT2D eigenvalue weighted by Gasteiger charge is 2.05. The minimum absolute atomic E-state index is 1.10. The van der Waals surface area contributed by atoms with Gasteiger partial charge in [0, 0.05) is 5.56 Å². The average Bonchev–Trinajstić information content (AvgIpc) is 2.06. The normalized spacial score (nSPS) is 20.6. The average molecular weight is 146 g/mol. The molecule has 0 radical (unpaired) electrons. The summed E-state index contributed by atoms with van der Waals surface area (Å²) < 4.78 is 0. The topological polar surface area (TPSA) is 18.5 Å². The second kappa shape index (κ2) is 2.40. The molecule has 2 heteroatoms. The first-order chi connectivity index (χ1) is 5.38. The van der Waals surface area contributed by atoms with Gasteiger partial charge in [0.05, 0.1) is 7.05 Å². The lowest BCUT2D eigenvalue weighted by atomic mass is 10.1. The highest BCUT2D eigenvalue weighted by Crippen LogP contribution is 2.15. The van der Waals surface area contributed by atoms with Crippen LogP contribution in [0.25, 0.3) is 11.5 Å². The Balaban J connectivity index is 2.54. The van der Waals surface area contributed by atoms with Gasteiger partial charge >= 0.3 is 0 Å². The molecule has 0 saturated heterocycles. The minimum Gasteiger partial charge on any atom is -0.490 e. The van der Waals surface area contributed by atoms with Crippen molar-refractivity contribution >= 4 is 11.8 Å². The Labute approximate surface area is 66.1 Å². The fraction of sp³-hybridized carbons (Fsp3) is 0.111. The first kappa shape index (κ1) is 6.43. The monoisotopic (exact) mass is 146 g/mol. The molecule has 0 amide bonds. The lowest BCUT2D eigenvalue weighted by Crippen LogP contribution is -2.99. The zero-order chi connectivity index (χ0) is 7.68. The number of nitrogens with zero attached hydrogens (tertiary/aromatic N) is 1. The van der Waals surface area contributed by atoms with Gasteiger partial charge in [0.25, 0.3) is 0 Å². The molecule has 1 aromatic carbocycles. The maximum Gasteiger partial charge on any atom is 0.133 e. The van der Waals surface area contributed by atoms with E-state index in [1.165, 1.54) is 11.3 Å². The number of benzene rings is 1. The zero-order valence-corrected chi connectivity index (χ0v) is 6.41. The van der Waals surface area contributed by atoms with Crippen LogP contribution in [-0.4, -0.2) is 7.05 Å². The van der Waals surface area contributed by atoms with Crippen molar-refractivity contribution < 1.29 is 5.01 Å². The van der Waals surface area contributed by atoms with Crippen LogP contribution in [0.15, 0.2) is 30.5 Å². The zero-order valence-electron chi connectivity index (χ0n) is 6.41. The third-order valence-corrected chi connectivity index (χ3v) is 1.87. The predicted molar refractivity (Wildman–Crippen MR) is 45.4 cm³/mol. The molecule has 1 N–H and O–H groups in total. The van der Waals surface area contributed by atoms with Gasteiger partial charge < -0.3 is 10.4 Å². The molecule has 0 aromatic heterocycles. The van der Waals surface area contributed by atoms with Gasteiger partial charge in [-0.2, -0.15) is 0 Å². The van der Waals surface area contributed by atoms with Crippen molar-refractivity contribution in [1.82, 2.24) is 0 Å². The van der Waals surface area contributed by atoms with Crippen molar-refractivity contribution in [3.05, 3.63) is 41.5 Å². The smallest absolute Gasteiger partial charge is 0.133 e. The summed E-state index contributed by atoms with van der Waals surface area (Å²) in [5.41, 5.74) is 6.72. The minimum atomic E-state index is 1.10. The molecule has 1 aliphatic rings. The summed E-state index contributed by atoms with van der Waals surface area (Å²) in [5.74, 6) is 0. The Morgan fingerprint density at radius 2 is 2.09 bits per heavy atom. The standard InChI is InChI=1S/C9H10N2/c1-11-9-5-3-2-4-8(9)6-7-10-11/h2-7,11H,1H3. The maximum atomic E-state index is 4.21. The van der Waals surface area contributed by atoms with Crippen LogP contribution < -0.4 is 5.01 Å². The Kier molecular flexibility index (Phi) is 1.40. The highest BCUT2D eigenvalue weighted by molar-refractivity contribution is 5.63. The molecule has 2 nitrogen and oxygen atoms in total. The fourth-order valence-corrected chi connectivity index (χ4v) is 1.27. The van der Waals surface area contributed by atoms with E-state index >= 15 is 0 Å². The Bertz CT molecular complexity index is 291. The van der Waals surface area contributed by atoms with Crippen LogP contribution in [0.2, 0.25) is 0 Å².